The third-order valence-electron chi connectivity index (χ3n) is 4.74. The smallest absolute Gasteiger partial charge is 0.333 e. The van der Waals surface area contributed by atoms with E-state index in [2.05, 4.69) is 19.2 Å². The minimum absolute atomic E-state index is 0.0276. The van der Waals surface area contributed by atoms with Gasteiger partial charge in [-0.05, 0) is 49.3 Å². The minimum Gasteiger partial charge on any atom is -0.492 e. The first kappa shape index (κ1) is 23.0. The van der Waals surface area contributed by atoms with Crippen molar-refractivity contribution in [3.05, 3.63) is 29.8 Å². The lowest BCUT2D eigenvalue weighted by Crippen LogP contribution is -2.44. The number of aliphatic carboxylic acids is 1. The molecule has 7 heteroatoms. The van der Waals surface area contributed by atoms with E-state index in [0.717, 1.165) is 12.1 Å². The summed E-state index contributed by atoms with van der Waals surface area (Å²) in [5, 5.41) is 12.2. The molecule has 162 valence electrons. The van der Waals surface area contributed by atoms with Crippen molar-refractivity contribution in [2.45, 2.75) is 46.1 Å². The van der Waals surface area contributed by atoms with Crippen LogP contribution in [0.3, 0.4) is 0 Å². The predicted octanol–water partition coefficient (Wildman–Crippen LogP) is 3.18. The molecular formula is C22H34N2O5. The van der Waals surface area contributed by atoms with Crippen LogP contribution < -0.4 is 10.1 Å². The molecule has 0 bridgehead atoms. The van der Waals surface area contributed by atoms with E-state index in [9.17, 15) is 14.7 Å². The Morgan fingerprint density at radius 3 is 2.48 bits per heavy atom. The first-order chi connectivity index (χ1) is 13.9. The van der Waals surface area contributed by atoms with Crippen molar-refractivity contribution in [2.24, 2.45) is 11.8 Å². The first-order valence-corrected chi connectivity index (χ1v) is 10.5. The van der Waals surface area contributed by atoms with Crippen molar-refractivity contribution in [2.75, 3.05) is 32.8 Å². The van der Waals surface area contributed by atoms with Crippen LogP contribution >= 0.6 is 0 Å². The molecule has 29 heavy (non-hydrogen) atoms. The highest BCUT2D eigenvalue weighted by Crippen LogP contribution is 2.29. The molecule has 1 aromatic carbocycles. The minimum atomic E-state index is -0.960. The molecule has 1 unspecified atom stereocenters. The molecule has 0 spiro atoms. The van der Waals surface area contributed by atoms with Gasteiger partial charge < -0.3 is 24.8 Å². The fraction of sp³-hybridized carbons (Fsp3) is 0.636. The van der Waals surface area contributed by atoms with Crippen molar-refractivity contribution >= 4 is 12.0 Å². The maximum atomic E-state index is 12.4. The lowest BCUT2D eigenvalue weighted by molar-refractivity contribution is -0.149. The zero-order valence-electron chi connectivity index (χ0n) is 17.7. The van der Waals surface area contributed by atoms with Crippen LogP contribution in [0.15, 0.2) is 24.3 Å². The van der Waals surface area contributed by atoms with Gasteiger partial charge in [0.25, 0.3) is 0 Å². The van der Waals surface area contributed by atoms with Gasteiger partial charge in [-0.1, -0.05) is 26.0 Å². The monoisotopic (exact) mass is 406 g/mol. The summed E-state index contributed by atoms with van der Waals surface area (Å²) in [4.78, 5) is 25.4. The summed E-state index contributed by atoms with van der Waals surface area (Å²) in [6, 6.07) is 7.32. The number of benzene rings is 1. The Hall–Kier alpha value is -2.28. The van der Waals surface area contributed by atoms with Gasteiger partial charge in [-0.15, -0.1) is 0 Å². The number of amides is 2. The Morgan fingerprint density at radius 2 is 1.93 bits per heavy atom. The highest BCUT2D eigenvalue weighted by atomic mass is 16.5. The van der Waals surface area contributed by atoms with Gasteiger partial charge in [-0.3, -0.25) is 0 Å². The van der Waals surface area contributed by atoms with Crippen LogP contribution in [-0.2, 0) is 16.0 Å². The number of ether oxygens (including phenoxy) is 2. The summed E-state index contributed by atoms with van der Waals surface area (Å²) < 4.78 is 11.0. The second kappa shape index (κ2) is 11.7. The molecule has 0 saturated heterocycles. The van der Waals surface area contributed by atoms with Crippen LogP contribution in [-0.4, -0.2) is 61.0 Å². The Balaban J connectivity index is 1.81. The highest BCUT2D eigenvalue weighted by Gasteiger charge is 2.26. The topological polar surface area (TPSA) is 88.1 Å². The molecule has 1 fully saturated rings. The van der Waals surface area contributed by atoms with Gasteiger partial charge in [0.15, 0.2) is 6.10 Å². The van der Waals surface area contributed by atoms with E-state index in [1.807, 2.05) is 29.2 Å². The van der Waals surface area contributed by atoms with E-state index < -0.39 is 12.1 Å². The number of hydrogen-bond acceptors (Lipinski definition) is 4. The van der Waals surface area contributed by atoms with Crippen LogP contribution in [0.25, 0.3) is 0 Å². The zero-order chi connectivity index (χ0) is 21.2. The van der Waals surface area contributed by atoms with Crippen molar-refractivity contribution in [3.8, 4) is 5.75 Å². The normalized spacial score (nSPS) is 14.5. The second-order valence-electron chi connectivity index (χ2n) is 7.95. The van der Waals surface area contributed by atoms with Gasteiger partial charge in [0, 0.05) is 26.1 Å². The van der Waals surface area contributed by atoms with Crippen molar-refractivity contribution in [1.29, 1.82) is 0 Å². The summed E-state index contributed by atoms with van der Waals surface area (Å²) in [6.07, 6.45) is 1.85. The SMILES string of the molecule is CCOC(Cc1ccc(OCCN(CC2CC2)C(=O)NCC(C)C)cc1)C(=O)O. The number of carboxylic acid groups (broad SMARTS) is 1. The van der Waals surface area contributed by atoms with Crippen LogP contribution in [0.5, 0.6) is 5.75 Å². The zero-order valence-corrected chi connectivity index (χ0v) is 17.7. The summed E-state index contributed by atoms with van der Waals surface area (Å²) in [6.45, 7) is 8.69. The van der Waals surface area contributed by atoms with Crippen molar-refractivity contribution in [3.63, 3.8) is 0 Å². The second-order valence-corrected chi connectivity index (χ2v) is 7.95. The molecule has 1 aliphatic rings. The van der Waals surface area contributed by atoms with E-state index in [4.69, 9.17) is 9.47 Å². The third kappa shape index (κ3) is 8.73. The van der Waals surface area contributed by atoms with Gasteiger partial charge >= 0.3 is 12.0 Å². The molecule has 0 heterocycles. The van der Waals surface area contributed by atoms with Gasteiger partial charge in [-0.2, -0.15) is 0 Å². The van der Waals surface area contributed by atoms with E-state index in [-0.39, 0.29) is 6.03 Å². The van der Waals surface area contributed by atoms with Gasteiger partial charge in [-0.25, -0.2) is 9.59 Å². The molecule has 1 atom stereocenters. The Morgan fingerprint density at radius 1 is 1.24 bits per heavy atom. The number of urea groups is 1. The number of carboxylic acids is 1. The molecule has 1 saturated carbocycles. The summed E-state index contributed by atoms with van der Waals surface area (Å²) in [5.41, 5.74) is 0.877. The maximum Gasteiger partial charge on any atom is 0.333 e. The number of carbonyl (C=O) groups excluding carboxylic acids is 1. The fourth-order valence-electron chi connectivity index (χ4n) is 2.92. The molecule has 0 aliphatic heterocycles. The van der Waals surface area contributed by atoms with Crippen LogP contribution in [0, 0.1) is 11.8 Å². The Bertz CT molecular complexity index is 643. The lowest BCUT2D eigenvalue weighted by atomic mass is 10.1. The number of rotatable bonds is 13. The molecule has 2 amide bonds. The average Bonchev–Trinajstić information content (AvgIpc) is 3.50. The first-order valence-electron chi connectivity index (χ1n) is 10.5. The molecule has 1 aliphatic carbocycles. The van der Waals surface area contributed by atoms with E-state index in [0.29, 0.717) is 50.3 Å². The Kier molecular flexibility index (Phi) is 9.25. The highest BCUT2D eigenvalue weighted by molar-refractivity contribution is 5.74. The van der Waals surface area contributed by atoms with Crippen LogP contribution in [0.2, 0.25) is 0 Å². The molecule has 2 N–H and O–H groups in total. The van der Waals surface area contributed by atoms with E-state index in [1.54, 1.807) is 6.92 Å². The largest absolute Gasteiger partial charge is 0.492 e. The van der Waals surface area contributed by atoms with Crippen molar-refractivity contribution in [1.82, 2.24) is 10.2 Å². The Labute approximate surface area is 173 Å². The maximum absolute atomic E-state index is 12.4. The van der Waals surface area contributed by atoms with Crippen LogP contribution in [0.4, 0.5) is 4.79 Å². The molecule has 2 rings (SSSR count). The van der Waals surface area contributed by atoms with E-state index >= 15 is 0 Å². The van der Waals surface area contributed by atoms with E-state index in [1.165, 1.54) is 12.8 Å². The third-order valence-corrected chi connectivity index (χ3v) is 4.74. The summed E-state index contributed by atoms with van der Waals surface area (Å²) in [7, 11) is 0. The van der Waals surface area contributed by atoms with Gasteiger partial charge in [0.2, 0.25) is 0 Å². The van der Waals surface area contributed by atoms with Crippen molar-refractivity contribution < 1.29 is 24.2 Å². The summed E-state index contributed by atoms with van der Waals surface area (Å²) >= 11 is 0. The lowest BCUT2D eigenvalue weighted by Gasteiger charge is -2.23. The van der Waals surface area contributed by atoms with Gasteiger partial charge in [0.1, 0.15) is 12.4 Å². The summed E-state index contributed by atoms with van der Waals surface area (Å²) in [5.74, 6) is 0.774. The molecular weight excluding hydrogens is 372 g/mol. The molecule has 0 aromatic heterocycles. The average molecular weight is 407 g/mol. The number of hydrogen-bond donors (Lipinski definition) is 2. The van der Waals surface area contributed by atoms with Crippen LogP contribution in [0.1, 0.15) is 39.2 Å². The number of nitrogens with one attached hydrogen (secondary N) is 1. The molecule has 1 aromatic rings. The standard InChI is InChI=1S/C22H34N2O5/c1-4-28-20(21(25)26)13-17-7-9-19(10-8-17)29-12-11-24(15-18-5-6-18)22(27)23-14-16(2)3/h7-10,16,18,20H,4-6,11-15H2,1-3H3,(H,23,27)(H,25,26). The molecule has 7 nitrogen and oxygen atoms in total. The predicted molar refractivity (Wildman–Crippen MR) is 111 cm³/mol. The number of nitrogens with zero attached hydrogens (tertiary/aromatic N) is 1. The quantitative estimate of drug-likeness (QED) is 0.525. The van der Waals surface area contributed by atoms with Gasteiger partial charge in [0.05, 0.1) is 6.54 Å². The fourth-order valence-corrected chi connectivity index (χ4v) is 2.92. The number of carbonyl (C=O) groups is 2. The molecule has 0 radical (unpaired) electrons.